The summed E-state index contributed by atoms with van der Waals surface area (Å²) >= 11 is 0. The Kier molecular flexibility index (Phi) is 6.09. The van der Waals surface area contributed by atoms with Gasteiger partial charge in [0.25, 0.3) is 0 Å². The van der Waals surface area contributed by atoms with Gasteiger partial charge < -0.3 is 25.6 Å². The Bertz CT molecular complexity index is 950. The second-order valence-electron chi connectivity index (χ2n) is 6.40. The molecule has 2 heterocycles. The fourth-order valence-corrected chi connectivity index (χ4v) is 3.02. The largest absolute Gasteiger partial charge is 0.453 e. The number of ether oxygens (including phenoxy) is 1. The lowest BCUT2D eigenvalue weighted by atomic mass is 10.2. The average Bonchev–Trinajstić information content (AvgIpc) is 3.20. The van der Waals surface area contributed by atoms with E-state index in [1.54, 1.807) is 0 Å². The Morgan fingerprint density at radius 3 is 2.37 bits per heavy atom. The second-order valence-corrected chi connectivity index (χ2v) is 6.40. The first-order chi connectivity index (χ1) is 14.3. The molecule has 1 fully saturated rings. The molecular weight excluding hydrogens is 404 g/mol. The Hall–Kier alpha value is -3.77. The van der Waals surface area contributed by atoms with Gasteiger partial charge in [0.1, 0.15) is 11.4 Å². The minimum atomic E-state index is -1.07. The number of alkyl carbamates (subject to hydrolysis) is 1. The van der Waals surface area contributed by atoms with E-state index in [1.165, 1.54) is 27.8 Å². The number of rotatable bonds is 4. The number of amides is 3. The van der Waals surface area contributed by atoms with E-state index in [4.69, 9.17) is 5.73 Å². The highest BCUT2D eigenvalue weighted by molar-refractivity contribution is 6.34. The third kappa shape index (κ3) is 4.45. The molecule has 3 N–H and O–H groups in total. The van der Waals surface area contributed by atoms with Crippen molar-refractivity contribution in [2.24, 2.45) is 5.73 Å². The molecule has 0 bridgehead atoms. The lowest BCUT2D eigenvalue weighted by Crippen LogP contribution is -2.52. The van der Waals surface area contributed by atoms with Crippen LogP contribution in [0, 0.1) is 11.6 Å². The number of methoxy groups -OCH3 is 1. The number of nitrogens with two attached hydrogens (primary N) is 1. The van der Waals surface area contributed by atoms with E-state index in [0.717, 1.165) is 12.1 Å². The average molecular weight is 423 g/mol. The van der Waals surface area contributed by atoms with Crippen LogP contribution in [0.3, 0.4) is 0 Å². The van der Waals surface area contributed by atoms with Gasteiger partial charge in [-0.25, -0.2) is 18.3 Å². The summed E-state index contributed by atoms with van der Waals surface area (Å²) in [6, 6.07) is 2.21. The predicted octanol–water partition coefficient (Wildman–Crippen LogP) is -0.465. The van der Waals surface area contributed by atoms with Crippen molar-refractivity contribution in [1.82, 2.24) is 25.2 Å². The highest BCUT2D eigenvalue weighted by Gasteiger charge is 2.27. The van der Waals surface area contributed by atoms with Crippen molar-refractivity contribution in [3.63, 3.8) is 0 Å². The predicted molar refractivity (Wildman–Crippen MR) is 98.5 cm³/mol. The zero-order valence-corrected chi connectivity index (χ0v) is 16.0. The van der Waals surface area contributed by atoms with E-state index in [-0.39, 0.29) is 44.1 Å². The first kappa shape index (κ1) is 21.0. The van der Waals surface area contributed by atoms with Gasteiger partial charge in [0.2, 0.25) is 0 Å². The van der Waals surface area contributed by atoms with Crippen LogP contribution in [-0.2, 0) is 20.9 Å². The SMILES string of the molecule is COC(=O)NCc1cn(-c2cc(F)c(N3CCN(C(=O)C(N)=O)CC3)c(F)c2)nn1. The highest BCUT2D eigenvalue weighted by Crippen LogP contribution is 2.27. The molecular formula is C17H19F2N7O4. The summed E-state index contributed by atoms with van der Waals surface area (Å²) in [4.78, 5) is 36.4. The van der Waals surface area contributed by atoms with E-state index >= 15 is 0 Å². The summed E-state index contributed by atoms with van der Waals surface area (Å²) in [5, 5.41) is 10.0. The van der Waals surface area contributed by atoms with E-state index < -0.39 is 29.5 Å². The number of piperazine rings is 1. The van der Waals surface area contributed by atoms with Gasteiger partial charge >= 0.3 is 17.9 Å². The van der Waals surface area contributed by atoms with Crippen molar-refractivity contribution >= 4 is 23.6 Å². The lowest BCUT2D eigenvalue weighted by molar-refractivity contribution is -0.144. The third-order valence-corrected chi connectivity index (χ3v) is 4.50. The topological polar surface area (TPSA) is 136 Å². The number of primary amides is 1. The molecule has 11 nitrogen and oxygen atoms in total. The number of benzene rings is 1. The lowest BCUT2D eigenvalue weighted by Gasteiger charge is -2.35. The van der Waals surface area contributed by atoms with Crippen LogP contribution in [0.25, 0.3) is 5.69 Å². The van der Waals surface area contributed by atoms with Crippen molar-refractivity contribution < 1.29 is 27.9 Å². The summed E-state index contributed by atoms with van der Waals surface area (Å²) in [6.07, 6.45) is 0.765. The smallest absolute Gasteiger partial charge is 0.407 e. The van der Waals surface area contributed by atoms with Crippen molar-refractivity contribution in [2.75, 3.05) is 38.2 Å². The maximum atomic E-state index is 14.7. The summed E-state index contributed by atoms with van der Waals surface area (Å²) in [7, 11) is 1.22. The number of aromatic nitrogens is 3. The van der Waals surface area contributed by atoms with Crippen LogP contribution >= 0.6 is 0 Å². The molecule has 1 saturated heterocycles. The van der Waals surface area contributed by atoms with Crippen LogP contribution in [0.4, 0.5) is 19.3 Å². The maximum Gasteiger partial charge on any atom is 0.407 e. The van der Waals surface area contributed by atoms with Crippen LogP contribution in [0.2, 0.25) is 0 Å². The Morgan fingerprint density at radius 1 is 1.17 bits per heavy atom. The fraction of sp³-hybridized carbons (Fsp3) is 0.353. The number of halogens is 2. The van der Waals surface area contributed by atoms with Gasteiger partial charge in [-0.05, 0) is 0 Å². The molecule has 1 aromatic heterocycles. The van der Waals surface area contributed by atoms with Gasteiger partial charge in [-0.3, -0.25) is 9.59 Å². The third-order valence-electron chi connectivity index (χ3n) is 4.50. The number of carbonyl (C=O) groups is 3. The molecule has 30 heavy (non-hydrogen) atoms. The molecule has 3 rings (SSSR count). The number of nitrogens with one attached hydrogen (secondary N) is 1. The number of hydrogen-bond donors (Lipinski definition) is 2. The standard InChI is InChI=1S/C17H19F2N7O4/c1-30-17(29)21-8-10-9-26(23-22-10)11-6-12(18)14(13(19)7-11)24-2-4-25(5-3-24)16(28)15(20)27/h6-7,9H,2-5,8H2,1H3,(H2,20,27)(H,21,29). The summed E-state index contributed by atoms with van der Waals surface area (Å²) in [5.41, 5.74) is 5.20. The van der Waals surface area contributed by atoms with E-state index in [1.807, 2.05) is 0 Å². The highest BCUT2D eigenvalue weighted by atomic mass is 19.1. The van der Waals surface area contributed by atoms with E-state index in [9.17, 15) is 23.2 Å². The Labute approximate surface area is 169 Å². The van der Waals surface area contributed by atoms with Crippen LogP contribution in [-0.4, -0.2) is 71.1 Å². The van der Waals surface area contributed by atoms with Crippen LogP contribution < -0.4 is 16.0 Å². The zero-order chi connectivity index (χ0) is 21.8. The number of carbonyl (C=O) groups excluding carboxylic acids is 3. The van der Waals surface area contributed by atoms with Gasteiger partial charge in [0.05, 0.1) is 25.5 Å². The molecule has 0 aliphatic carbocycles. The molecule has 0 radical (unpaired) electrons. The molecule has 2 aromatic rings. The number of hydrogen-bond acceptors (Lipinski definition) is 7. The minimum Gasteiger partial charge on any atom is -0.453 e. The molecule has 0 unspecified atom stereocenters. The second kappa shape index (κ2) is 8.71. The van der Waals surface area contributed by atoms with Crippen molar-refractivity contribution in [1.29, 1.82) is 0 Å². The monoisotopic (exact) mass is 423 g/mol. The van der Waals surface area contributed by atoms with Crippen molar-refractivity contribution in [3.05, 3.63) is 35.7 Å². The molecule has 13 heteroatoms. The first-order valence-corrected chi connectivity index (χ1v) is 8.86. The van der Waals surface area contributed by atoms with Gasteiger partial charge in [-0.1, -0.05) is 5.21 Å². The molecule has 1 aliphatic heterocycles. The minimum absolute atomic E-state index is 0.0318. The molecule has 0 spiro atoms. The molecule has 0 saturated carbocycles. The summed E-state index contributed by atoms with van der Waals surface area (Å²) in [5.74, 6) is -3.53. The van der Waals surface area contributed by atoms with Gasteiger partial charge in [-0.15, -0.1) is 5.10 Å². The van der Waals surface area contributed by atoms with Gasteiger partial charge in [-0.2, -0.15) is 0 Å². The fourth-order valence-electron chi connectivity index (χ4n) is 3.02. The Morgan fingerprint density at radius 2 is 1.80 bits per heavy atom. The molecule has 0 atom stereocenters. The molecule has 1 aromatic carbocycles. The summed E-state index contributed by atoms with van der Waals surface area (Å²) < 4.78 is 35.0. The van der Waals surface area contributed by atoms with E-state index in [2.05, 4.69) is 20.4 Å². The van der Waals surface area contributed by atoms with Gasteiger partial charge in [0.15, 0.2) is 11.6 Å². The number of nitrogens with zero attached hydrogens (tertiary/aromatic N) is 5. The molecule has 160 valence electrons. The Balaban J connectivity index is 1.72. The van der Waals surface area contributed by atoms with Crippen LogP contribution in [0.15, 0.2) is 18.3 Å². The normalized spacial score (nSPS) is 13.8. The molecule has 1 aliphatic rings. The van der Waals surface area contributed by atoms with Gasteiger partial charge in [0, 0.05) is 38.3 Å². The van der Waals surface area contributed by atoms with E-state index in [0.29, 0.717) is 5.69 Å². The maximum absolute atomic E-state index is 14.7. The summed E-state index contributed by atoms with van der Waals surface area (Å²) in [6.45, 7) is 0.534. The quantitative estimate of drug-likeness (QED) is 0.635. The zero-order valence-electron chi connectivity index (χ0n) is 16.0. The molecule has 3 amide bonds. The van der Waals surface area contributed by atoms with Crippen LogP contribution in [0.1, 0.15) is 5.69 Å². The van der Waals surface area contributed by atoms with Crippen molar-refractivity contribution in [2.45, 2.75) is 6.54 Å². The van der Waals surface area contributed by atoms with Crippen LogP contribution in [0.5, 0.6) is 0 Å². The van der Waals surface area contributed by atoms with Crippen molar-refractivity contribution in [3.8, 4) is 5.69 Å². The first-order valence-electron chi connectivity index (χ1n) is 8.86. The number of anilines is 1.